The van der Waals surface area contributed by atoms with Gasteiger partial charge in [0.2, 0.25) is 0 Å². The van der Waals surface area contributed by atoms with E-state index in [2.05, 4.69) is 30.9 Å². The van der Waals surface area contributed by atoms with Crippen molar-refractivity contribution in [1.82, 2.24) is 15.1 Å². The molecule has 230 valence electrons. The SMILES string of the molecule is C=C(CN1CCC(OC(=O)NC(c2ccccc2)c2ccccc2)CC1)C[N+](C)(C)CCCN1C(=O)c2ccccc2C1=O. The third kappa shape index (κ3) is 7.81. The largest absolute Gasteiger partial charge is 0.446 e. The van der Waals surface area contributed by atoms with Crippen molar-refractivity contribution in [2.24, 2.45) is 0 Å². The number of alkyl carbamates (subject to hydrolysis) is 1. The normalized spacial score (nSPS) is 15.8. The topological polar surface area (TPSA) is 79.0 Å². The summed E-state index contributed by atoms with van der Waals surface area (Å²) in [5.41, 5.74) is 4.15. The van der Waals surface area contributed by atoms with Gasteiger partial charge in [-0.05, 0) is 41.7 Å². The Hall–Kier alpha value is -4.27. The lowest BCUT2D eigenvalue weighted by atomic mass is 9.99. The molecule has 0 aromatic heterocycles. The number of rotatable bonds is 12. The monoisotopic (exact) mass is 595 g/mol. The van der Waals surface area contributed by atoms with Crippen LogP contribution in [0.1, 0.15) is 57.1 Å². The van der Waals surface area contributed by atoms with Crippen molar-refractivity contribution in [2.45, 2.75) is 31.4 Å². The molecule has 3 aromatic rings. The maximum absolute atomic E-state index is 12.9. The number of likely N-dealkylation sites (N-methyl/N-ethyl adjacent to an activating group) is 1. The summed E-state index contributed by atoms with van der Waals surface area (Å²) in [6.07, 6.45) is 1.76. The zero-order valence-electron chi connectivity index (χ0n) is 25.8. The number of hydrogen-bond donors (Lipinski definition) is 1. The van der Waals surface area contributed by atoms with Gasteiger partial charge in [-0.2, -0.15) is 0 Å². The Morgan fingerprint density at radius 2 is 1.41 bits per heavy atom. The molecule has 0 saturated carbocycles. The molecular weight excluding hydrogens is 552 g/mol. The van der Waals surface area contributed by atoms with Gasteiger partial charge in [0.25, 0.3) is 11.8 Å². The molecule has 0 aliphatic carbocycles. The molecule has 1 saturated heterocycles. The second-order valence-electron chi connectivity index (χ2n) is 12.5. The molecule has 0 atom stereocenters. The summed E-state index contributed by atoms with van der Waals surface area (Å²) >= 11 is 0. The van der Waals surface area contributed by atoms with Crippen LogP contribution in [0.4, 0.5) is 4.79 Å². The second kappa shape index (κ2) is 14.0. The summed E-state index contributed by atoms with van der Waals surface area (Å²) in [6.45, 7) is 8.87. The number of nitrogens with one attached hydrogen (secondary N) is 1. The van der Waals surface area contributed by atoms with E-state index in [0.717, 1.165) is 73.2 Å². The van der Waals surface area contributed by atoms with Crippen LogP contribution in [-0.2, 0) is 4.74 Å². The van der Waals surface area contributed by atoms with E-state index in [-0.39, 0.29) is 24.0 Å². The molecular formula is C36H43N4O4+. The van der Waals surface area contributed by atoms with Gasteiger partial charge in [-0.1, -0.05) is 79.4 Å². The predicted molar refractivity (Wildman–Crippen MR) is 171 cm³/mol. The van der Waals surface area contributed by atoms with E-state index < -0.39 is 6.09 Å². The first kappa shape index (κ1) is 31.2. The number of likely N-dealkylation sites (tertiary alicyclic amines) is 1. The molecule has 1 N–H and O–H groups in total. The van der Waals surface area contributed by atoms with E-state index in [1.54, 1.807) is 24.3 Å². The van der Waals surface area contributed by atoms with Crippen molar-refractivity contribution in [3.05, 3.63) is 119 Å². The van der Waals surface area contributed by atoms with Crippen molar-refractivity contribution >= 4 is 17.9 Å². The molecule has 2 heterocycles. The van der Waals surface area contributed by atoms with Crippen LogP contribution in [0.2, 0.25) is 0 Å². The molecule has 44 heavy (non-hydrogen) atoms. The summed E-state index contributed by atoms with van der Waals surface area (Å²) in [6, 6.07) is 26.6. The van der Waals surface area contributed by atoms with Gasteiger partial charge >= 0.3 is 6.09 Å². The molecule has 0 spiro atoms. The average Bonchev–Trinajstić information content (AvgIpc) is 3.26. The van der Waals surface area contributed by atoms with Crippen LogP contribution < -0.4 is 5.32 Å². The van der Waals surface area contributed by atoms with Crippen LogP contribution in [0.3, 0.4) is 0 Å². The Morgan fingerprint density at radius 1 is 0.886 bits per heavy atom. The molecule has 3 amide bonds. The van der Waals surface area contributed by atoms with Gasteiger partial charge in [0.05, 0.1) is 37.8 Å². The molecule has 8 heteroatoms. The highest BCUT2D eigenvalue weighted by Crippen LogP contribution is 2.24. The van der Waals surface area contributed by atoms with Gasteiger partial charge in [0.1, 0.15) is 12.6 Å². The van der Waals surface area contributed by atoms with Gasteiger partial charge in [-0.25, -0.2) is 4.79 Å². The zero-order valence-corrected chi connectivity index (χ0v) is 25.8. The van der Waals surface area contributed by atoms with Crippen LogP contribution in [0, 0.1) is 0 Å². The maximum atomic E-state index is 12.9. The van der Waals surface area contributed by atoms with Crippen molar-refractivity contribution < 1.29 is 23.6 Å². The Balaban J connectivity index is 1.03. The maximum Gasteiger partial charge on any atom is 0.408 e. The van der Waals surface area contributed by atoms with Crippen LogP contribution >= 0.6 is 0 Å². The van der Waals surface area contributed by atoms with E-state index in [1.807, 2.05) is 60.7 Å². The molecule has 0 radical (unpaired) electrons. The quantitative estimate of drug-likeness (QED) is 0.175. The molecule has 2 aliphatic heterocycles. The van der Waals surface area contributed by atoms with Gasteiger partial charge in [0, 0.05) is 32.6 Å². The van der Waals surface area contributed by atoms with Crippen molar-refractivity contribution in [3.8, 4) is 0 Å². The average molecular weight is 596 g/mol. The van der Waals surface area contributed by atoms with E-state index >= 15 is 0 Å². The Labute approximate surface area is 260 Å². The first-order valence-corrected chi connectivity index (χ1v) is 15.4. The number of carbonyl (C=O) groups is 3. The van der Waals surface area contributed by atoms with E-state index in [4.69, 9.17) is 4.74 Å². The minimum atomic E-state index is -0.397. The Kier molecular flexibility index (Phi) is 9.92. The number of hydrogen-bond acceptors (Lipinski definition) is 5. The predicted octanol–water partition coefficient (Wildman–Crippen LogP) is 5.29. The van der Waals surface area contributed by atoms with Crippen molar-refractivity contribution in [2.75, 3.05) is 53.4 Å². The first-order chi connectivity index (χ1) is 21.2. The number of ether oxygens (including phenoxy) is 1. The lowest BCUT2D eigenvalue weighted by molar-refractivity contribution is -0.885. The number of benzene rings is 3. The number of amides is 3. The second-order valence-corrected chi connectivity index (χ2v) is 12.5. The molecule has 5 rings (SSSR count). The van der Waals surface area contributed by atoms with E-state index in [0.29, 0.717) is 17.7 Å². The minimum absolute atomic E-state index is 0.124. The van der Waals surface area contributed by atoms with E-state index in [9.17, 15) is 14.4 Å². The van der Waals surface area contributed by atoms with Crippen LogP contribution in [0.25, 0.3) is 0 Å². The highest BCUT2D eigenvalue weighted by molar-refractivity contribution is 6.21. The summed E-state index contributed by atoms with van der Waals surface area (Å²) in [5.74, 6) is -0.394. The van der Waals surface area contributed by atoms with Crippen LogP contribution in [0.15, 0.2) is 97.1 Å². The Morgan fingerprint density at radius 3 is 1.95 bits per heavy atom. The van der Waals surface area contributed by atoms with Crippen molar-refractivity contribution in [3.63, 3.8) is 0 Å². The Bertz CT molecular complexity index is 1390. The number of quaternary nitrogens is 1. The number of fused-ring (bicyclic) bond motifs is 1. The molecule has 3 aromatic carbocycles. The lowest BCUT2D eigenvalue weighted by Crippen LogP contribution is -2.46. The summed E-state index contributed by atoms with van der Waals surface area (Å²) in [7, 11) is 4.31. The fraction of sp³-hybridized carbons (Fsp3) is 0.361. The fourth-order valence-electron chi connectivity index (χ4n) is 6.29. The third-order valence-corrected chi connectivity index (χ3v) is 8.46. The molecule has 0 unspecified atom stereocenters. The summed E-state index contributed by atoms with van der Waals surface area (Å²) in [5, 5.41) is 3.08. The number of imide groups is 1. The molecule has 2 aliphatic rings. The smallest absolute Gasteiger partial charge is 0.408 e. The van der Waals surface area contributed by atoms with Crippen LogP contribution in [0.5, 0.6) is 0 Å². The van der Waals surface area contributed by atoms with E-state index in [1.165, 1.54) is 4.90 Å². The summed E-state index contributed by atoms with van der Waals surface area (Å²) < 4.78 is 6.59. The lowest BCUT2D eigenvalue weighted by Gasteiger charge is -2.35. The molecule has 0 bridgehead atoms. The van der Waals surface area contributed by atoms with Crippen LogP contribution in [-0.4, -0.2) is 91.7 Å². The zero-order chi connectivity index (χ0) is 31.1. The van der Waals surface area contributed by atoms with Gasteiger partial charge in [-0.15, -0.1) is 0 Å². The minimum Gasteiger partial charge on any atom is -0.446 e. The summed E-state index contributed by atoms with van der Waals surface area (Å²) in [4.78, 5) is 42.0. The molecule has 1 fully saturated rings. The highest BCUT2D eigenvalue weighted by atomic mass is 16.6. The first-order valence-electron chi connectivity index (χ1n) is 15.4. The van der Waals surface area contributed by atoms with Gasteiger partial charge in [0.15, 0.2) is 0 Å². The highest BCUT2D eigenvalue weighted by Gasteiger charge is 2.35. The third-order valence-electron chi connectivity index (χ3n) is 8.46. The van der Waals surface area contributed by atoms with Crippen molar-refractivity contribution in [1.29, 1.82) is 0 Å². The van der Waals surface area contributed by atoms with Gasteiger partial charge in [-0.3, -0.25) is 19.4 Å². The number of carbonyl (C=O) groups excluding carboxylic acids is 3. The standard InChI is InChI=1S/C36H42N4O4/c1-27(26-40(2,3)24-12-21-39-34(41)31-17-10-11-18-32(31)35(39)42)25-38-22-19-30(20-23-38)44-36(43)37-33(28-13-6-4-7-14-28)29-15-8-5-9-16-29/h4-11,13-18,30,33H,1,12,19-26H2,2-3H3/p+1. The number of nitrogens with zero attached hydrogens (tertiary/aromatic N) is 3. The fourth-order valence-corrected chi connectivity index (χ4v) is 6.29. The molecule has 8 nitrogen and oxygen atoms in total. The van der Waals surface area contributed by atoms with Gasteiger partial charge < -0.3 is 14.5 Å². The number of piperidine rings is 1.